The van der Waals surface area contributed by atoms with Crippen LogP contribution in [-0.2, 0) is 6.61 Å². The summed E-state index contributed by atoms with van der Waals surface area (Å²) in [5, 5.41) is 8.38. The summed E-state index contributed by atoms with van der Waals surface area (Å²) in [6.07, 6.45) is 0.455. The highest BCUT2D eigenvalue weighted by molar-refractivity contribution is 6.00. The van der Waals surface area contributed by atoms with Gasteiger partial charge in [-0.25, -0.2) is 4.79 Å². The first-order valence-electron chi connectivity index (χ1n) is 9.31. The Kier molecular flexibility index (Phi) is 6.63. The number of hydrogen-bond donors (Lipinski definition) is 1. The lowest BCUT2D eigenvalue weighted by atomic mass is 10.0. The minimum absolute atomic E-state index is 0.143. The van der Waals surface area contributed by atoms with Crippen LogP contribution in [-0.4, -0.2) is 23.5 Å². The Morgan fingerprint density at radius 3 is 2.28 bits per heavy atom. The van der Waals surface area contributed by atoms with Gasteiger partial charge in [-0.1, -0.05) is 48.5 Å². The van der Waals surface area contributed by atoms with Crippen LogP contribution in [0.15, 0.2) is 72.8 Å². The van der Waals surface area contributed by atoms with E-state index in [0.717, 1.165) is 16.9 Å². The molecule has 3 aromatic rings. The highest BCUT2D eigenvalue weighted by atomic mass is 16.5. The number of carboxylic acids is 1. The van der Waals surface area contributed by atoms with E-state index in [9.17, 15) is 9.59 Å². The van der Waals surface area contributed by atoms with Crippen LogP contribution < -0.4 is 9.47 Å². The van der Waals surface area contributed by atoms with E-state index in [1.54, 1.807) is 36.4 Å². The highest BCUT2D eigenvalue weighted by Gasteiger charge is 2.22. The minimum Gasteiger partial charge on any atom is -0.492 e. The van der Waals surface area contributed by atoms with E-state index < -0.39 is 5.97 Å². The number of benzene rings is 3. The van der Waals surface area contributed by atoms with E-state index in [1.807, 2.05) is 43.3 Å². The summed E-state index contributed by atoms with van der Waals surface area (Å²) in [5.41, 5.74) is 3.01. The van der Waals surface area contributed by atoms with Crippen LogP contribution in [0.5, 0.6) is 11.5 Å². The molecule has 148 valence electrons. The van der Waals surface area contributed by atoms with Crippen LogP contribution in [0.1, 0.15) is 38.3 Å². The lowest BCUT2D eigenvalue weighted by Crippen LogP contribution is -2.16. The van der Waals surface area contributed by atoms with Crippen LogP contribution in [0.2, 0.25) is 0 Å². The second-order valence-electron chi connectivity index (χ2n) is 6.53. The third kappa shape index (κ3) is 5.23. The molecule has 0 fully saturated rings. The Labute approximate surface area is 169 Å². The van der Waals surface area contributed by atoms with Gasteiger partial charge in [0.1, 0.15) is 18.1 Å². The number of aromatic carboxylic acids is 1. The molecule has 3 aromatic carbocycles. The van der Waals surface area contributed by atoms with E-state index in [1.165, 1.54) is 0 Å². The quantitative estimate of drug-likeness (QED) is 0.684. The Bertz CT molecular complexity index is 981. The number of ether oxygens (including phenoxy) is 2. The van der Waals surface area contributed by atoms with Crippen molar-refractivity contribution in [3.63, 3.8) is 0 Å². The fraction of sp³-hybridized carbons (Fsp3) is 0.167. The Balaban J connectivity index is 0.000000224. The lowest BCUT2D eigenvalue weighted by molar-refractivity contribution is 0.0696. The van der Waals surface area contributed by atoms with Gasteiger partial charge in [-0.3, -0.25) is 4.79 Å². The number of carbonyl (C=O) groups excluding carboxylic acids is 1. The van der Waals surface area contributed by atoms with Gasteiger partial charge in [-0.15, -0.1) is 0 Å². The highest BCUT2D eigenvalue weighted by Crippen LogP contribution is 2.35. The molecule has 1 aliphatic heterocycles. The number of hydrogen-bond acceptors (Lipinski definition) is 4. The van der Waals surface area contributed by atoms with Gasteiger partial charge in [0.2, 0.25) is 0 Å². The molecule has 0 atom stereocenters. The Morgan fingerprint density at radius 2 is 1.66 bits per heavy atom. The number of ketones is 1. The van der Waals surface area contributed by atoms with Crippen molar-refractivity contribution in [2.75, 3.05) is 6.61 Å². The number of Topliss-reactive ketones (excluding diaryl/α,β-unsaturated/α-hetero) is 1. The van der Waals surface area contributed by atoms with Gasteiger partial charge in [0.25, 0.3) is 0 Å². The summed E-state index contributed by atoms with van der Waals surface area (Å²) in [4.78, 5) is 22.0. The second kappa shape index (κ2) is 9.55. The van der Waals surface area contributed by atoms with Gasteiger partial charge in [0.05, 0.1) is 17.7 Å². The molecule has 29 heavy (non-hydrogen) atoms. The van der Waals surface area contributed by atoms with E-state index in [2.05, 4.69) is 0 Å². The standard InChI is InChI=1S/C17H16O3.C7H6O2/c1-12-16(20-11-13-5-3-2-4-6-13)8-7-14-15(18)9-10-19-17(12)14;8-7(9)6-4-2-1-3-5-6/h2-8H,9-11H2,1H3;1-5H,(H,8,9). The molecule has 4 rings (SSSR count). The van der Waals surface area contributed by atoms with Gasteiger partial charge < -0.3 is 14.6 Å². The number of carbonyl (C=O) groups is 2. The largest absolute Gasteiger partial charge is 0.492 e. The van der Waals surface area contributed by atoms with Crippen molar-refractivity contribution in [3.8, 4) is 11.5 Å². The molecule has 0 bridgehead atoms. The molecule has 0 aliphatic carbocycles. The van der Waals surface area contributed by atoms with Gasteiger partial charge in [0, 0.05) is 12.0 Å². The average Bonchev–Trinajstić information content (AvgIpc) is 2.76. The Hall–Kier alpha value is -3.60. The summed E-state index contributed by atoms with van der Waals surface area (Å²) in [5.74, 6) is 0.702. The summed E-state index contributed by atoms with van der Waals surface area (Å²) in [7, 11) is 0. The average molecular weight is 390 g/mol. The number of carboxylic acid groups (broad SMARTS) is 1. The molecule has 0 saturated carbocycles. The smallest absolute Gasteiger partial charge is 0.335 e. The van der Waals surface area contributed by atoms with Crippen LogP contribution in [0.4, 0.5) is 0 Å². The first-order valence-corrected chi connectivity index (χ1v) is 9.31. The molecular formula is C24H22O5. The van der Waals surface area contributed by atoms with E-state index in [-0.39, 0.29) is 5.78 Å². The first-order chi connectivity index (χ1) is 14.1. The number of rotatable bonds is 4. The topological polar surface area (TPSA) is 72.8 Å². The molecule has 0 aromatic heterocycles. The zero-order chi connectivity index (χ0) is 20.6. The zero-order valence-corrected chi connectivity index (χ0v) is 16.1. The van der Waals surface area contributed by atoms with E-state index >= 15 is 0 Å². The van der Waals surface area contributed by atoms with Gasteiger partial charge >= 0.3 is 5.97 Å². The molecule has 0 amide bonds. The van der Waals surface area contributed by atoms with Crippen molar-refractivity contribution in [3.05, 3.63) is 95.1 Å². The molecule has 1 N–H and O–H groups in total. The molecule has 1 aliphatic rings. The van der Waals surface area contributed by atoms with Crippen LogP contribution in [0.3, 0.4) is 0 Å². The Morgan fingerprint density at radius 1 is 1.00 bits per heavy atom. The van der Waals surface area contributed by atoms with Crippen LogP contribution in [0, 0.1) is 6.92 Å². The van der Waals surface area contributed by atoms with E-state index in [0.29, 0.717) is 36.5 Å². The van der Waals surface area contributed by atoms with Crippen LogP contribution >= 0.6 is 0 Å². The predicted octanol–water partition coefficient (Wildman–Crippen LogP) is 4.92. The maximum Gasteiger partial charge on any atom is 0.335 e. The maximum absolute atomic E-state index is 11.8. The van der Waals surface area contributed by atoms with Crippen molar-refractivity contribution in [1.82, 2.24) is 0 Å². The monoisotopic (exact) mass is 390 g/mol. The van der Waals surface area contributed by atoms with Gasteiger partial charge in [-0.2, -0.15) is 0 Å². The molecule has 0 saturated heterocycles. The van der Waals surface area contributed by atoms with Crippen molar-refractivity contribution >= 4 is 11.8 Å². The fourth-order valence-corrected chi connectivity index (χ4v) is 2.93. The molecule has 0 unspecified atom stereocenters. The summed E-state index contributed by atoms with van der Waals surface area (Å²) in [6.45, 7) is 2.89. The maximum atomic E-state index is 11.8. The lowest BCUT2D eigenvalue weighted by Gasteiger charge is -2.20. The molecule has 5 nitrogen and oxygen atoms in total. The third-order valence-electron chi connectivity index (χ3n) is 4.49. The molecule has 0 spiro atoms. The summed E-state index contributed by atoms with van der Waals surface area (Å²) >= 11 is 0. The molecule has 5 heteroatoms. The van der Waals surface area contributed by atoms with Crippen LogP contribution in [0.25, 0.3) is 0 Å². The van der Waals surface area contributed by atoms with Gasteiger partial charge in [0.15, 0.2) is 5.78 Å². The third-order valence-corrected chi connectivity index (χ3v) is 4.49. The molecule has 1 heterocycles. The summed E-state index contributed by atoms with van der Waals surface area (Å²) < 4.78 is 11.4. The van der Waals surface area contributed by atoms with Gasteiger partial charge in [-0.05, 0) is 36.8 Å². The van der Waals surface area contributed by atoms with E-state index in [4.69, 9.17) is 14.6 Å². The SMILES string of the molecule is Cc1c(OCc2ccccc2)ccc2c1OCCC2=O.O=C(O)c1ccccc1. The zero-order valence-electron chi connectivity index (χ0n) is 16.1. The van der Waals surface area contributed by atoms with Crippen molar-refractivity contribution in [1.29, 1.82) is 0 Å². The molecular weight excluding hydrogens is 368 g/mol. The second-order valence-corrected chi connectivity index (χ2v) is 6.53. The normalized spacial score (nSPS) is 12.1. The number of fused-ring (bicyclic) bond motifs is 1. The first kappa shape index (κ1) is 20.1. The van der Waals surface area contributed by atoms with Crippen molar-refractivity contribution < 1.29 is 24.2 Å². The van der Waals surface area contributed by atoms with Crippen molar-refractivity contribution in [2.45, 2.75) is 20.0 Å². The summed E-state index contributed by atoms with van der Waals surface area (Å²) in [6, 6.07) is 21.9. The van der Waals surface area contributed by atoms with Crippen molar-refractivity contribution in [2.24, 2.45) is 0 Å². The molecule has 0 radical (unpaired) electrons. The fourth-order valence-electron chi connectivity index (χ4n) is 2.93. The minimum atomic E-state index is -0.879. The predicted molar refractivity (Wildman–Crippen MR) is 110 cm³/mol.